The Hall–Kier alpha value is -2.17. The fourth-order valence-corrected chi connectivity index (χ4v) is 2.76. The van der Waals surface area contributed by atoms with Crippen molar-refractivity contribution in [1.29, 1.82) is 0 Å². The molecule has 0 saturated heterocycles. The van der Waals surface area contributed by atoms with Gasteiger partial charge in [0.05, 0.1) is 10.4 Å². The summed E-state index contributed by atoms with van der Waals surface area (Å²) in [7, 11) is 0. The van der Waals surface area contributed by atoms with Gasteiger partial charge in [-0.1, -0.05) is 19.3 Å². The van der Waals surface area contributed by atoms with Crippen LogP contribution in [0.5, 0.6) is 0 Å². The largest absolute Gasteiger partial charge is 0.367 e. The van der Waals surface area contributed by atoms with Crippen molar-refractivity contribution in [3.8, 4) is 0 Å². The lowest BCUT2D eigenvalue weighted by Crippen LogP contribution is -2.22. The molecule has 1 fully saturated rings. The van der Waals surface area contributed by atoms with Crippen molar-refractivity contribution in [1.82, 2.24) is 4.98 Å². The molecule has 104 valence electrons. The fraction of sp³-hybridized carbons (Fsp3) is 0.400. The Labute approximate surface area is 117 Å². The van der Waals surface area contributed by atoms with Crippen molar-refractivity contribution in [2.75, 3.05) is 5.32 Å². The second kappa shape index (κ2) is 5.45. The zero-order valence-corrected chi connectivity index (χ0v) is 11.2. The van der Waals surface area contributed by atoms with E-state index in [1.165, 1.54) is 38.2 Å². The summed E-state index contributed by atoms with van der Waals surface area (Å²) in [5, 5.41) is 15.0. The third-order valence-corrected chi connectivity index (χ3v) is 3.84. The zero-order chi connectivity index (χ0) is 13.9. The minimum absolute atomic E-state index is 0.104. The lowest BCUT2D eigenvalue weighted by atomic mass is 9.95. The quantitative estimate of drug-likeness (QED) is 0.679. The first-order valence-electron chi connectivity index (χ1n) is 7.04. The van der Waals surface area contributed by atoms with Crippen molar-refractivity contribution < 1.29 is 4.92 Å². The summed E-state index contributed by atoms with van der Waals surface area (Å²) in [5.74, 6) is 0.859. The second-order valence-electron chi connectivity index (χ2n) is 5.31. The maximum Gasteiger partial charge on any atom is 0.270 e. The molecule has 1 aromatic carbocycles. The molecular formula is C15H17N3O2. The van der Waals surface area contributed by atoms with E-state index in [9.17, 15) is 10.1 Å². The van der Waals surface area contributed by atoms with Crippen LogP contribution < -0.4 is 5.32 Å². The average molecular weight is 271 g/mol. The molecule has 0 radical (unpaired) electrons. The molecule has 2 aromatic rings. The highest BCUT2D eigenvalue weighted by Gasteiger charge is 2.14. The van der Waals surface area contributed by atoms with E-state index in [-0.39, 0.29) is 10.6 Å². The summed E-state index contributed by atoms with van der Waals surface area (Å²) in [5.41, 5.74) is 0.892. The molecule has 0 spiro atoms. The Balaban J connectivity index is 1.83. The highest BCUT2D eigenvalue weighted by molar-refractivity contribution is 5.82. The monoisotopic (exact) mass is 271 g/mol. The van der Waals surface area contributed by atoms with Crippen LogP contribution in [0.15, 0.2) is 30.3 Å². The molecule has 1 aliphatic rings. The Morgan fingerprint density at radius 1 is 1.15 bits per heavy atom. The number of non-ortho nitro benzene ring substituents is 1. The number of nitrogens with zero attached hydrogens (tertiary/aromatic N) is 2. The SMILES string of the molecule is O=[N+]([O-])c1ccc2nc(NC3CCCCC3)ccc2c1. The first-order valence-corrected chi connectivity index (χ1v) is 7.04. The van der Waals surface area contributed by atoms with Crippen LogP contribution in [0.3, 0.4) is 0 Å². The van der Waals surface area contributed by atoms with Crippen molar-refractivity contribution >= 4 is 22.4 Å². The van der Waals surface area contributed by atoms with Crippen molar-refractivity contribution in [3.05, 3.63) is 40.4 Å². The molecule has 1 heterocycles. The molecule has 5 heteroatoms. The molecule has 5 nitrogen and oxygen atoms in total. The molecule has 0 atom stereocenters. The summed E-state index contributed by atoms with van der Waals surface area (Å²) in [6.45, 7) is 0. The molecule has 0 aliphatic heterocycles. The van der Waals surface area contributed by atoms with Gasteiger partial charge in [-0.3, -0.25) is 10.1 Å². The van der Waals surface area contributed by atoms with Gasteiger partial charge in [0.1, 0.15) is 5.82 Å². The van der Waals surface area contributed by atoms with Gasteiger partial charge in [0, 0.05) is 23.6 Å². The Morgan fingerprint density at radius 3 is 2.70 bits per heavy atom. The first-order chi connectivity index (χ1) is 9.72. The number of hydrogen-bond donors (Lipinski definition) is 1. The summed E-state index contributed by atoms with van der Waals surface area (Å²) >= 11 is 0. The van der Waals surface area contributed by atoms with Crippen LogP contribution in [0.1, 0.15) is 32.1 Å². The van der Waals surface area contributed by atoms with Gasteiger partial charge in [-0.2, -0.15) is 0 Å². The van der Waals surface area contributed by atoms with Gasteiger partial charge >= 0.3 is 0 Å². The van der Waals surface area contributed by atoms with Crippen molar-refractivity contribution in [2.45, 2.75) is 38.1 Å². The van der Waals surface area contributed by atoms with Gasteiger partial charge in [-0.15, -0.1) is 0 Å². The van der Waals surface area contributed by atoms with Crippen LogP contribution in [-0.2, 0) is 0 Å². The molecule has 20 heavy (non-hydrogen) atoms. The highest BCUT2D eigenvalue weighted by Crippen LogP contribution is 2.24. The van der Waals surface area contributed by atoms with Crippen molar-refractivity contribution in [3.63, 3.8) is 0 Å². The molecule has 0 amide bonds. The minimum Gasteiger partial charge on any atom is -0.367 e. The van der Waals surface area contributed by atoms with Gasteiger partial charge in [-0.25, -0.2) is 4.98 Å². The van der Waals surface area contributed by atoms with Gasteiger partial charge in [0.25, 0.3) is 5.69 Å². The summed E-state index contributed by atoms with van der Waals surface area (Å²) in [6, 6.07) is 9.07. The summed E-state index contributed by atoms with van der Waals surface area (Å²) in [4.78, 5) is 14.9. The minimum atomic E-state index is -0.381. The summed E-state index contributed by atoms with van der Waals surface area (Å²) in [6.07, 6.45) is 6.27. The standard InChI is InChI=1S/C15H17N3O2/c19-18(20)13-7-8-14-11(10-13)6-9-15(17-14)16-12-4-2-1-3-5-12/h6-10,12H,1-5H2,(H,16,17). The van der Waals surface area contributed by atoms with Crippen LogP contribution in [0, 0.1) is 10.1 Å². The Kier molecular flexibility index (Phi) is 3.50. The van der Waals surface area contributed by atoms with E-state index >= 15 is 0 Å². The topological polar surface area (TPSA) is 68.1 Å². The number of rotatable bonds is 3. The number of pyridine rings is 1. The molecule has 1 saturated carbocycles. The smallest absolute Gasteiger partial charge is 0.270 e. The molecule has 3 rings (SSSR count). The van der Waals surface area contributed by atoms with Crippen LogP contribution in [0.4, 0.5) is 11.5 Å². The number of nitrogens with one attached hydrogen (secondary N) is 1. The van der Waals surface area contributed by atoms with Crippen molar-refractivity contribution in [2.24, 2.45) is 0 Å². The summed E-state index contributed by atoms with van der Waals surface area (Å²) < 4.78 is 0. The highest BCUT2D eigenvalue weighted by atomic mass is 16.6. The number of nitro benzene ring substituents is 1. The number of fused-ring (bicyclic) bond motifs is 1. The van der Waals surface area contributed by atoms with Crippen LogP contribution in [-0.4, -0.2) is 15.9 Å². The van der Waals surface area contributed by atoms with E-state index < -0.39 is 0 Å². The number of nitro groups is 1. The molecule has 1 aliphatic carbocycles. The molecule has 1 N–H and O–H groups in total. The van der Waals surface area contributed by atoms with E-state index in [1.54, 1.807) is 12.1 Å². The van der Waals surface area contributed by atoms with E-state index in [4.69, 9.17) is 0 Å². The van der Waals surface area contributed by atoms with Gasteiger partial charge in [0.15, 0.2) is 0 Å². The fourth-order valence-electron chi connectivity index (χ4n) is 2.76. The lowest BCUT2D eigenvalue weighted by molar-refractivity contribution is -0.384. The number of hydrogen-bond acceptors (Lipinski definition) is 4. The van der Waals surface area contributed by atoms with Gasteiger partial charge < -0.3 is 5.32 Å². The molecule has 0 unspecified atom stereocenters. The molecule has 0 bridgehead atoms. The zero-order valence-electron chi connectivity index (χ0n) is 11.2. The third-order valence-electron chi connectivity index (χ3n) is 3.84. The van der Waals surface area contributed by atoms with E-state index in [0.717, 1.165) is 16.7 Å². The van der Waals surface area contributed by atoms with Crippen LogP contribution in [0.25, 0.3) is 10.9 Å². The second-order valence-corrected chi connectivity index (χ2v) is 5.31. The van der Waals surface area contributed by atoms with Crippen LogP contribution >= 0.6 is 0 Å². The molecular weight excluding hydrogens is 254 g/mol. The predicted octanol–water partition coefficient (Wildman–Crippen LogP) is 3.89. The normalized spacial score (nSPS) is 16.2. The van der Waals surface area contributed by atoms with E-state index in [0.29, 0.717) is 6.04 Å². The van der Waals surface area contributed by atoms with Crippen LogP contribution in [0.2, 0.25) is 0 Å². The third kappa shape index (κ3) is 2.71. The van der Waals surface area contributed by atoms with Gasteiger partial charge in [0.2, 0.25) is 0 Å². The molecule has 1 aromatic heterocycles. The average Bonchev–Trinajstić information content (AvgIpc) is 2.47. The Bertz CT molecular complexity index is 636. The van der Waals surface area contributed by atoms with Gasteiger partial charge in [-0.05, 0) is 31.0 Å². The number of aromatic nitrogens is 1. The maximum absolute atomic E-state index is 10.7. The number of benzene rings is 1. The maximum atomic E-state index is 10.7. The first kappa shape index (κ1) is 12.8. The van der Waals surface area contributed by atoms with E-state index in [2.05, 4.69) is 10.3 Å². The Morgan fingerprint density at radius 2 is 1.95 bits per heavy atom. The number of anilines is 1. The predicted molar refractivity (Wildman–Crippen MR) is 78.9 cm³/mol. The lowest BCUT2D eigenvalue weighted by Gasteiger charge is -2.23. The van der Waals surface area contributed by atoms with E-state index in [1.807, 2.05) is 12.1 Å².